The van der Waals surface area contributed by atoms with Crippen molar-refractivity contribution in [2.75, 3.05) is 31.6 Å². The summed E-state index contributed by atoms with van der Waals surface area (Å²) in [7, 11) is 0. The summed E-state index contributed by atoms with van der Waals surface area (Å²) < 4.78 is 11.7. The number of hydrogen-bond acceptors (Lipinski definition) is 5. The van der Waals surface area contributed by atoms with Crippen LogP contribution in [0.2, 0.25) is 5.02 Å². The van der Waals surface area contributed by atoms with E-state index in [1.807, 2.05) is 84.9 Å². The molecule has 1 aliphatic heterocycles. The molecule has 2 aromatic heterocycles. The number of carbonyl (C=O) groups excluding carboxylic acids is 1. The van der Waals surface area contributed by atoms with Crippen molar-refractivity contribution in [2.45, 2.75) is 13.0 Å². The van der Waals surface area contributed by atoms with E-state index in [0.29, 0.717) is 17.1 Å². The van der Waals surface area contributed by atoms with Crippen molar-refractivity contribution < 1.29 is 13.9 Å². The Labute approximate surface area is 232 Å². The number of morpholine rings is 1. The van der Waals surface area contributed by atoms with Gasteiger partial charge in [-0.25, -0.2) is 4.98 Å². The predicted octanol–water partition coefficient (Wildman–Crippen LogP) is 6.82. The molecule has 196 valence electrons. The lowest BCUT2D eigenvalue weighted by Crippen LogP contribution is -2.35. The van der Waals surface area contributed by atoms with Crippen LogP contribution in [0.4, 0.5) is 5.69 Å². The van der Waals surface area contributed by atoms with E-state index in [-0.39, 0.29) is 5.91 Å². The third-order valence-electron chi connectivity index (χ3n) is 6.85. The van der Waals surface area contributed by atoms with Crippen molar-refractivity contribution in [1.29, 1.82) is 0 Å². The number of fused-ring (bicyclic) bond motifs is 1. The number of carbonyl (C=O) groups is 1. The van der Waals surface area contributed by atoms with Crippen LogP contribution >= 0.6 is 11.6 Å². The molecule has 1 saturated heterocycles. The topological polar surface area (TPSA) is 67.6 Å². The van der Waals surface area contributed by atoms with Gasteiger partial charge in [-0.05, 0) is 48.0 Å². The maximum absolute atomic E-state index is 13.0. The zero-order valence-corrected chi connectivity index (χ0v) is 22.2. The molecule has 0 radical (unpaired) electrons. The van der Waals surface area contributed by atoms with E-state index >= 15 is 0 Å². The molecule has 1 N–H and O–H groups in total. The fourth-order valence-corrected chi connectivity index (χ4v) is 5.12. The van der Waals surface area contributed by atoms with Gasteiger partial charge < -0.3 is 14.5 Å². The highest BCUT2D eigenvalue weighted by molar-refractivity contribution is 6.31. The summed E-state index contributed by atoms with van der Waals surface area (Å²) in [4.78, 5) is 20.0. The van der Waals surface area contributed by atoms with Gasteiger partial charge in [0.25, 0.3) is 5.91 Å². The van der Waals surface area contributed by atoms with Gasteiger partial charge in [0.2, 0.25) is 0 Å². The molecule has 1 fully saturated rings. The highest BCUT2D eigenvalue weighted by Crippen LogP contribution is 2.33. The minimum atomic E-state index is -0.251. The molecule has 5 aromatic rings. The molecule has 1 aliphatic rings. The maximum atomic E-state index is 13.0. The molecule has 0 atom stereocenters. The summed E-state index contributed by atoms with van der Waals surface area (Å²) in [6.45, 7) is 4.31. The SMILES string of the molecule is O=C(Nc1ccc(CN2CCOCC2)cc1)c1cccc(Cc2cc(Cl)cc3cc(-c4ccccc4)oc23)n1. The van der Waals surface area contributed by atoms with Crippen molar-refractivity contribution in [3.63, 3.8) is 0 Å². The lowest BCUT2D eigenvalue weighted by atomic mass is 10.1. The Morgan fingerprint density at radius 2 is 1.72 bits per heavy atom. The average Bonchev–Trinajstić information content (AvgIpc) is 3.40. The van der Waals surface area contributed by atoms with Crippen LogP contribution < -0.4 is 5.32 Å². The summed E-state index contributed by atoms with van der Waals surface area (Å²) in [5.41, 5.74) is 5.74. The Hall–Kier alpha value is -3.97. The van der Waals surface area contributed by atoms with Crippen LogP contribution in [-0.2, 0) is 17.7 Å². The molecule has 7 heteroatoms. The van der Waals surface area contributed by atoms with E-state index in [9.17, 15) is 4.79 Å². The van der Waals surface area contributed by atoms with Gasteiger partial charge in [0.1, 0.15) is 17.0 Å². The number of anilines is 1. The summed E-state index contributed by atoms with van der Waals surface area (Å²) in [5.74, 6) is 0.532. The Balaban J connectivity index is 1.17. The van der Waals surface area contributed by atoms with Gasteiger partial charge in [0, 0.05) is 59.0 Å². The summed E-state index contributed by atoms with van der Waals surface area (Å²) in [5, 5.41) is 4.53. The number of aromatic nitrogens is 1. The molecule has 0 unspecified atom stereocenters. The molecule has 0 aliphatic carbocycles. The maximum Gasteiger partial charge on any atom is 0.274 e. The molecule has 6 rings (SSSR count). The molecule has 3 heterocycles. The Kier molecular flexibility index (Phi) is 7.41. The van der Waals surface area contributed by atoms with E-state index in [1.165, 1.54) is 5.56 Å². The third kappa shape index (κ3) is 6.04. The molecular weight excluding hydrogens is 510 g/mol. The van der Waals surface area contributed by atoms with E-state index in [4.69, 9.17) is 20.8 Å². The molecular formula is C32H28ClN3O3. The highest BCUT2D eigenvalue weighted by Gasteiger charge is 2.15. The van der Waals surface area contributed by atoms with Crippen LogP contribution in [-0.4, -0.2) is 42.1 Å². The number of benzene rings is 3. The summed E-state index contributed by atoms with van der Waals surface area (Å²) >= 11 is 6.45. The first kappa shape index (κ1) is 25.3. The number of ether oxygens (including phenoxy) is 1. The summed E-state index contributed by atoms with van der Waals surface area (Å²) in [6.07, 6.45) is 0.482. The summed E-state index contributed by atoms with van der Waals surface area (Å²) in [6, 6.07) is 29.2. The van der Waals surface area contributed by atoms with Crippen molar-refractivity contribution in [1.82, 2.24) is 9.88 Å². The minimum absolute atomic E-state index is 0.251. The average molecular weight is 538 g/mol. The first-order valence-corrected chi connectivity index (χ1v) is 13.4. The number of amides is 1. The number of pyridine rings is 1. The fraction of sp³-hybridized carbons (Fsp3) is 0.188. The Bertz CT molecular complexity index is 1590. The number of hydrogen-bond donors (Lipinski definition) is 1. The minimum Gasteiger partial charge on any atom is -0.456 e. The van der Waals surface area contributed by atoms with Crippen molar-refractivity contribution >= 4 is 34.2 Å². The largest absolute Gasteiger partial charge is 0.456 e. The second-order valence-corrected chi connectivity index (χ2v) is 10.1. The molecule has 39 heavy (non-hydrogen) atoms. The van der Waals surface area contributed by atoms with Crippen LogP contribution in [0.1, 0.15) is 27.3 Å². The molecule has 6 nitrogen and oxygen atoms in total. The molecule has 0 spiro atoms. The van der Waals surface area contributed by atoms with Crippen LogP contribution in [0, 0.1) is 0 Å². The highest BCUT2D eigenvalue weighted by atomic mass is 35.5. The van der Waals surface area contributed by atoms with Gasteiger partial charge in [-0.2, -0.15) is 0 Å². The normalized spacial score (nSPS) is 14.0. The van der Waals surface area contributed by atoms with Gasteiger partial charge in [0.15, 0.2) is 0 Å². The van der Waals surface area contributed by atoms with Gasteiger partial charge >= 0.3 is 0 Å². The van der Waals surface area contributed by atoms with E-state index in [2.05, 4.69) is 15.2 Å². The molecule has 0 bridgehead atoms. The molecule has 3 aromatic carbocycles. The van der Waals surface area contributed by atoms with Crippen LogP contribution in [0.3, 0.4) is 0 Å². The van der Waals surface area contributed by atoms with E-state index in [0.717, 1.165) is 72.1 Å². The third-order valence-corrected chi connectivity index (χ3v) is 7.07. The van der Waals surface area contributed by atoms with Crippen LogP contribution in [0.25, 0.3) is 22.3 Å². The zero-order valence-electron chi connectivity index (χ0n) is 21.4. The molecule has 1 amide bonds. The van der Waals surface area contributed by atoms with E-state index < -0.39 is 0 Å². The first-order valence-electron chi connectivity index (χ1n) is 13.0. The molecule has 0 saturated carbocycles. The number of nitrogens with zero attached hydrogens (tertiary/aromatic N) is 2. The number of nitrogens with one attached hydrogen (secondary N) is 1. The van der Waals surface area contributed by atoms with Gasteiger partial charge in [-0.15, -0.1) is 0 Å². The number of halogens is 1. The van der Waals surface area contributed by atoms with Crippen LogP contribution in [0.5, 0.6) is 0 Å². The van der Waals surface area contributed by atoms with Crippen molar-refractivity contribution in [3.8, 4) is 11.3 Å². The lowest BCUT2D eigenvalue weighted by Gasteiger charge is -2.26. The predicted molar refractivity (Wildman–Crippen MR) is 154 cm³/mol. The number of furan rings is 1. The fourth-order valence-electron chi connectivity index (χ4n) is 4.87. The standard InChI is InChI=1S/C32H28ClN3O3/c33-26-17-24(31-25(18-26)20-30(39-31)23-5-2-1-3-6-23)19-28-7-4-8-29(34-28)32(37)35-27-11-9-22(10-12-27)21-36-13-15-38-16-14-36/h1-12,17-18,20H,13-16,19,21H2,(H,35,37). The number of rotatable bonds is 7. The van der Waals surface area contributed by atoms with Crippen molar-refractivity contribution in [2.24, 2.45) is 0 Å². The van der Waals surface area contributed by atoms with Gasteiger partial charge in [-0.1, -0.05) is 60.1 Å². The van der Waals surface area contributed by atoms with E-state index in [1.54, 1.807) is 6.07 Å². The van der Waals surface area contributed by atoms with Crippen LogP contribution in [0.15, 0.2) is 95.4 Å². The Morgan fingerprint density at radius 1 is 0.923 bits per heavy atom. The van der Waals surface area contributed by atoms with Crippen molar-refractivity contribution in [3.05, 3.63) is 119 Å². The lowest BCUT2D eigenvalue weighted by molar-refractivity contribution is 0.0342. The zero-order chi connectivity index (χ0) is 26.6. The monoisotopic (exact) mass is 537 g/mol. The second kappa shape index (κ2) is 11.4. The first-order chi connectivity index (χ1) is 19.1. The quantitative estimate of drug-likeness (QED) is 0.246. The van der Waals surface area contributed by atoms with Gasteiger partial charge in [0.05, 0.1) is 13.2 Å². The Morgan fingerprint density at radius 3 is 2.51 bits per heavy atom. The second-order valence-electron chi connectivity index (χ2n) is 9.69. The smallest absolute Gasteiger partial charge is 0.274 e. The van der Waals surface area contributed by atoms with Gasteiger partial charge in [-0.3, -0.25) is 9.69 Å².